The highest BCUT2D eigenvalue weighted by Gasteiger charge is 2.43. The lowest BCUT2D eigenvalue weighted by Crippen LogP contribution is -2.42. The summed E-state index contributed by atoms with van der Waals surface area (Å²) in [5.41, 5.74) is 2.07. The Labute approximate surface area is 96.1 Å². The number of carbonyl (C=O) groups is 1. The van der Waals surface area contributed by atoms with Crippen LogP contribution in [0.5, 0.6) is 0 Å². The van der Waals surface area contributed by atoms with Crippen LogP contribution in [-0.4, -0.2) is 5.91 Å². The summed E-state index contributed by atoms with van der Waals surface area (Å²) in [6.45, 7) is 2.30. The monoisotopic (exact) mass is 215 g/mol. The lowest BCUT2D eigenvalue weighted by molar-refractivity contribution is 0.0898. The maximum atomic E-state index is 11.9. The number of amides is 1. The van der Waals surface area contributed by atoms with Crippen LogP contribution in [0.15, 0.2) is 24.3 Å². The van der Waals surface area contributed by atoms with Crippen molar-refractivity contribution in [2.45, 2.75) is 38.1 Å². The van der Waals surface area contributed by atoms with Crippen LogP contribution in [0, 0.1) is 5.92 Å². The van der Waals surface area contributed by atoms with Gasteiger partial charge in [-0.15, -0.1) is 0 Å². The van der Waals surface area contributed by atoms with Gasteiger partial charge in [-0.1, -0.05) is 25.1 Å². The predicted molar refractivity (Wildman–Crippen MR) is 63.2 cm³/mol. The normalized spacial score (nSPS) is 32.6. The van der Waals surface area contributed by atoms with Crippen molar-refractivity contribution in [3.8, 4) is 0 Å². The Morgan fingerprint density at radius 1 is 1.25 bits per heavy atom. The first kappa shape index (κ1) is 9.88. The lowest BCUT2D eigenvalue weighted by Gasteiger charge is -2.36. The van der Waals surface area contributed by atoms with Crippen LogP contribution in [0.4, 0.5) is 0 Å². The summed E-state index contributed by atoms with van der Waals surface area (Å²) < 4.78 is 0. The Morgan fingerprint density at radius 2 is 1.94 bits per heavy atom. The van der Waals surface area contributed by atoms with Gasteiger partial charge in [-0.05, 0) is 43.2 Å². The quantitative estimate of drug-likeness (QED) is 0.708. The largest absolute Gasteiger partial charge is 0.342 e. The van der Waals surface area contributed by atoms with Gasteiger partial charge in [0, 0.05) is 5.56 Å². The smallest absolute Gasteiger partial charge is 0.252 e. The number of fused-ring (bicyclic) bond motifs is 2. The fraction of sp³-hybridized carbons (Fsp3) is 0.500. The second-order valence-corrected chi connectivity index (χ2v) is 5.26. The molecule has 0 saturated heterocycles. The molecule has 0 bridgehead atoms. The molecule has 1 aliphatic carbocycles. The van der Waals surface area contributed by atoms with Crippen LogP contribution < -0.4 is 5.32 Å². The van der Waals surface area contributed by atoms with E-state index in [2.05, 4.69) is 18.3 Å². The first-order valence-electron chi connectivity index (χ1n) is 6.13. The molecule has 1 heterocycles. The second kappa shape index (κ2) is 3.34. The van der Waals surface area contributed by atoms with Crippen molar-refractivity contribution in [3.63, 3.8) is 0 Å². The standard InChI is InChI=1S/C14H17NO/c1-10-6-8-14(9-7-10)12-5-3-2-4-11(12)13(16)15-14/h2-5,10H,6-9H2,1H3,(H,15,16). The predicted octanol–water partition coefficient (Wildman–Crippen LogP) is 2.84. The number of hydrogen-bond donors (Lipinski definition) is 1. The Morgan fingerprint density at radius 3 is 2.69 bits per heavy atom. The first-order chi connectivity index (χ1) is 7.71. The van der Waals surface area contributed by atoms with Gasteiger partial charge in [0.15, 0.2) is 0 Å². The first-order valence-corrected chi connectivity index (χ1v) is 6.13. The summed E-state index contributed by atoms with van der Waals surface area (Å²) in [5, 5.41) is 3.22. The van der Waals surface area contributed by atoms with Crippen LogP contribution in [0.1, 0.15) is 48.5 Å². The van der Waals surface area contributed by atoms with E-state index in [4.69, 9.17) is 0 Å². The van der Waals surface area contributed by atoms with Crippen molar-refractivity contribution in [2.75, 3.05) is 0 Å². The molecule has 2 heteroatoms. The van der Waals surface area contributed by atoms with E-state index in [9.17, 15) is 4.79 Å². The third-order valence-electron chi connectivity index (χ3n) is 4.17. The minimum atomic E-state index is -0.0415. The summed E-state index contributed by atoms with van der Waals surface area (Å²) in [4.78, 5) is 11.9. The number of rotatable bonds is 0. The minimum absolute atomic E-state index is 0.0415. The highest BCUT2D eigenvalue weighted by molar-refractivity contribution is 6.00. The zero-order valence-electron chi connectivity index (χ0n) is 9.62. The van der Waals surface area contributed by atoms with Gasteiger partial charge in [-0.2, -0.15) is 0 Å². The van der Waals surface area contributed by atoms with Gasteiger partial charge in [0.1, 0.15) is 0 Å². The van der Waals surface area contributed by atoms with Gasteiger partial charge in [-0.3, -0.25) is 4.79 Å². The molecule has 1 aromatic rings. The van der Waals surface area contributed by atoms with Crippen molar-refractivity contribution in [1.82, 2.24) is 5.32 Å². The van der Waals surface area contributed by atoms with Crippen LogP contribution in [0.3, 0.4) is 0 Å². The van der Waals surface area contributed by atoms with Gasteiger partial charge in [0.05, 0.1) is 5.54 Å². The van der Waals surface area contributed by atoms with E-state index in [1.807, 2.05) is 18.2 Å². The molecule has 1 aromatic carbocycles. The van der Waals surface area contributed by atoms with Crippen molar-refractivity contribution < 1.29 is 4.79 Å². The maximum absolute atomic E-state index is 11.9. The fourth-order valence-corrected chi connectivity index (χ4v) is 3.10. The van der Waals surface area contributed by atoms with Crippen molar-refractivity contribution in [3.05, 3.63) is 35.4 Å². The molecule has 0 radical (unpaired) electrons. The van der Waals surface area contributed by atoms with Crippen LogP contribution in [0.25, 0.3) is 0 Å². The van der Waals surface area contributed by atoms with Crippen LogP contribution in [0.2, 0.25) is 0 Å². The summed E-state index contributed by atoms with van der Waals surface area (Å²) in [6.07, 6.45) is 4.62. The molecule has 1 saturated carbocycles. The number of nitrogens with one attached hydrogen (secondary N) is 1. The topological polar surface area (TPSA) is 29.1 Å². The molecular formula is C14H17NO. The zero-order valence-corrected chi connectivity index (χ0v) is 9.62. The van der Waals surface area contributed by atoms with E-state index in [0.717, 1.165) is 24.3 Å². The summed E-state index contributed by atoms with van der Waals surface area (Å²) in [6, 6.07) is 8.04. The van der Waals surface area contributed by atoms with Gasteiger partial charge in [0.25, 0.3) is 5.91 Å². The van der Waals surface area contributed by atoms with Crippen molar-refractivity contribution >= 4 is 5.91 Å². The van der Waals surface area contributed by atoms with Gasteiger partial charge >= 0.3 is 0 Å². The number of hydrogen-bond acceptors (Lipinski definition) is 1. The molecule has 16 heavy (non-hydrogen) atoms. The molecule has 1 spiro atoms. The highest BCUT2D eigenvalue weighted by atomic mass is 16.2. The minimum Gasteiger partial charge on any atom is -0.342 e. The molecule has 2 aliphatic rings. The zero-order chi connectivity index (χ0) is 11.2. The molecule has 0 unspecified atom stereocenters. The summed E-state index contributed by atoms with van der Waals surface area (Å²) in [5.74, 6) is 0.917. The lowest BCUT2D eigenvalue weighted by atomic mass is 9.74. The Hall–Kier alpha value is -1.31. The van der Waals surface area contributed by atoms with E-state index in [1.165, 1.54) is 18.4 Å². The molecule has 0 aromatic heterocycles. The maximum Gasteiger partial charge on any atom is 0.252 e. The molecule has 3 rings (SSSR count). The van der Waals surface area contributed by atoms with E-state index in [1.54, 1.807) is 0 Å². The molecule has 1 N–H and O–H groups in total. The molecule has 1 aliphatic heterocycles. The van der Waals surface area contributed by atoms with Gasteiger partial charge in [-0.25, -0.2) is 0 Å². The van der Waals surface area contributed by atoms with Crippen molar-refractivity contribution in [2.24, 2.45) is 5.92 Å². The number of benzene rings is 1. The second-order valence-electron chi connectivity index (χ2n) is 5.26. The van der Waals surface area contributed by atoms with E-state index in [0.29, 0.717) is 0 Å². The van der Waals surface area contributed by atoms with Crippen molar-refractivity contribution in [1.29, 1.82) is 0 Å². The molecule has 84 valence electrons. The fourth-order valence-electron chi connectivity index (χ4n) is 3.10. The van der Waals surface area contributed by atoms with Crippen LogP contribution >= 0.6 is 0 Å². The number of carbonyl (C=O) groups excluding carboxylic acids is 1. The molecule has 0 atom stereocenters. The van der Waals surface area contributed by atoms with E-state index >= 15 is 0 Å². The highest BCUT2D eigenvalue weighted by Crippen LogP contribution is 2.43. The van der Waals surface area contributed by atoms with Gasteiger partial charge in [0.2, 0.25) is 0 Å². The average molecular weight is 215 g/mol. The third kappa shape index (κ3) is 1.29. The summed E-state index contributed by atoms with van der Waals surface area (Å²) >= 11 is 0. The van der Waals surface area contributed by atoms with E-state index in [-0.39, 0.29) is 11.4 Å². The average Bonchev–Trinajstić information content (AvgIpc) is 2.58. The molecular weight excluding hydrogens is 198 g/mol. The van der Waals surface area contributed by atoms with Gasteiger partial charge < -0.3 is 5.32 Å². The van der Waals surface area contributed by atoms with E-state index < -0.39 is 0 Å². The Balaban J connectivity index is 2.02. The Bertz CT molecular complexity index is 430. The molecule has 1 fully saturated rings. The molecule has 2 nitrogen and oxygen atoms in total. The Kier molecular flexibility index (Phi) is 2.06. The SMILES string of the molecule is CC1CCC2(CC1)NC(=O)c1ccccc12. The third-order valence-corrected chi connectivity index (χ3v) is 4.17. The summed E-state index contributed by atoms with van der Waals surface area (Å²) in [7, 11) is 0. The van der Waals surface area contributed by atoms with Crippen LogP contribution in [-0.2, 0) is 5.54 Å². The molecule has 1 amide bonds.